The minimum Gasteiger partial charge on any atom is -0.478 e. The Hall–Kier alpha value is -2.38. The van der Waals surface area contributed by atoms with Crippen LogP contribution in [0.1, 0.15) is 34.3 Å². The lowest BCUT2D eigenvalue weighted by Gasteiger charge is -2.24. The number of hydrogen-bond acceptors (Lipinski definition) is 4. The average Bonchev–Trinajstić information content (AvgIpc) is 3.16. The summed E-state index contributed by atoms with van der Waals surface area (Å²) in [5.41, 5.74) is 2.50. The van der Waals surface area contributed by atoms with Gasteiger partial charge in [0.2, 0.25) is 10.0 Å². The zero-order chi connectivity index (χ0) is 19.6. The van der Waals surface area contributed by atoms with Crippen molar-refractivity contribution in [3.05, 3.63) is 59.2 Å². The monoisotopic (exact) mass is 388 g/mol. The summed E-state index contributed by atoms with van der Waals surface area (Å²) in [5, 5.41) is 9.18. The van der Waals surface area contributed by atoms with Crippen molar-refractivity contribution in [2.24, 2.45) is 0 Å². The molecule has 0 aromatic heterocycles. The first kappa shape index (κ1) is 19.4. The molecule has 0 amide bonds. The number of para-hydroxylation sites is 1. The standard InChI is InChI=1S/C20H24N2O4S/c1-15-9-10-16(20(23)24)13-19(15)27(25,26)21(2)14-17-7-3-4-8-18(17)22-11-5-6-12-22/h3-4,7-10,13H,5-6,11-12,14H2,1-2H3,(H,23,24). The minimum absolute atomic E-state index is 0.0311. The summed E-state index contributed by atoms with van der Waals surface area (Å²) in [6.07, 6.45) is 2.29. The zero-order valence-electron chi connectivity index (χ0n) is 15.6. The van der Waals surface area contributed by atoms with Gasteiger partial charge >= 0.3 is 5.97 Å². The molecule has 1 aliphatic rings. The van der Waals surface area contributed by atoms with Gasteiger partial charge in [-0.25, -0.2) is 13.2 Å². The smallest absolute Gasteiger partial charge is 0.335 e. The Morgan fingerprint density at radius 1 is 1.15 bits per heavy atom. The van der Waals surface area contributed by atoms with Crippen molar-refractivity contribution < 1.29 is 18.3 Å². The maximum Gasteiger partial charge on any atom is 0.335 e. The first-order valence-electron chi connectivity index (χ1n) is 8.94. The number of rotatable bonds is 6. The number of carbonyl (C=O) groups is 1. The van der Waals surface area contributed by atoms with Crippen molar-refractivity contribution in [3.63, 3.8) is 0 Å². The summed E-state index contributed by atoms with van der Waals surface area (Å²) < 4.78 is 27.5. The van der Waals surface area contributed by atoms with E-state index in [1.165, 1.54) is 29.6 Å². The Bertz CT molecular complexity index is 950. The Labute approximate surface area is 160 Å². The molecule has 0 spiro atoms. The van der Waals surface area contributed by atoms with E-state index in [1.807, 2.05) is 24.3 Å². The number of aromatic carboxylic acids is 1. The third kappa shape index (κ3) is 3.99. The van der Waals surface area contributed by atoms with E-state index in [1.54, 1.807) is 6.92 Å². The largest absolute Gasteiger partial charge is 0.478 e. The summed E-state index contributed by atoms with van der Waals surface area (Å²) in [6.45, 7) is 3.86. The van der Waals surface area contributed by atoms with Crippen LogP contribution in [0.15, 0.2) is 47.4 Å². The Morgan fingerprint density at radius 2 is 1.81 bits per heavy atom. The molecular weight excluding hydrogens is 364 g/mol. The second-order valence-electron chi connectivity index (χ2n) is 6.87. The maximum atomic E-state index is 13.1. The molecular formula is C20H24N2O4S. The van der Waals surface area contributed by atoms with Crippen molar-refractivity contribution >= 4 is 21.7 Å². The summed E-state index contributed by atoms with van der Waals surface area (Å²) in [7, 11) is -2.28. The molecule has 144 valence electrons. The van der Waals surface area contributed by atoms with Crippen LogP contribution in [0.3, 0.4) is 0 Å². The number of benzene rings is 2. The van der Waals surface area contributed by atoms with Gasteiger partial charge in [0.05, 0.1) is 10.5 Å². The molecule has 1 N–H and O–H groups in total. The molecule has 27 heavy (non-hydrogen) atoms. The predicted molar refractivity (Wildman–Crippen MR) is 105 cm³/mol. The van der Waals surface area contributed by atoms with Gasteiger partial charge < -0.3 is 10.0 Å². The van der Waals surface area contributed by atoms with Crippen LogP contribution in [0.4, 0.5) is 5.69 Å². The molecule has 0 atom stereocenters. The second kappa shape index (κ2) is 7.70. The van der Waals surface area contributed by atoms with E-state index in [0.717, 1.165) is 37.2 Å². The molecule has 7 heteroatoms. The number of aryl methyl sites for hydroxylation is 1. The van der Waals surface area contributed by atoms with E-state index in [4.69, 9.17) is 0 Å². The van der Waals surface area contributed by atoms with Crippen molar-refractivity contribution in [1.29, 1.82) is 0 Å². The summed E-state index contributed by atoms with van der Waals surface area (Å²) in [4.78, 5) is 13.5. The SMILES string of the molecule is Cc1ccc(C(=O)O)cc1S(=O)(=O)N(C)Cc1ccccc1N1CCCC1. The maximum absolute atomic E-state index is 13.1. The predicted octanol–water partition coefficient (Wildman–Crippen LogP) is 3.11. The highest BCUT2D eigenvalue weighted by Crippen LogP contribution is 2.28. The highest BCUT2D eigenvalue weighted by molar-refractivity contribution is 7.89. The molecule has 1 saturated heterocycles. The van der Waals surface area contributed by atoms with Gasteiger partial charge in [-0.15, -0.1) is 0 Å². The van der Waals surface area contributed by atoms with Crippen molar-refractivity contribution in [2.75, 3.05) is 25.0 Å². The Morgan fingerprint density at radius 3 is 2.48 bits per heavy atom. The first-order valence-corrected chi connectivity index (χ1v) is 10.4. The van der Waals surface area contributed by atoms with Crippen LogP contribution in [-0.2, 0) is 16.6 Å². The van der Waals surface area contributed by atoms with E-state index < -0.39 is 16.0 Å². The van der Waals surface area contributed by atoms with E-state index in [-0.39, 0.29) is 17.0 Å². The van der Waals surface area contributed by atoms with Crippen LogP contribution in [0.25, 0.3) is 0 Å². The molecule has 1 heterocycles. The number of sulfonamides is 1. The zero-order valence-corrected chi connectivity index (χ0v) is 16.4. The molecule has 3 rings (SSSR count). The van der Waals surface area contributed by atoms with Crippen LogP contribution in [0.5, 0.6) is 0 Å². The molecule has 0 aliphatic carbocycles. The molecule has 2 aromatic rings. The van der Waals surface area contributed by atoms with Crippen LogP contribution in [-0.4, -0.2) is 43.9 Å². The quantitative estimate of drug-likeness (QED) is 0.823. The molecule has 0 bridgehead atoms. The van der Waals surface area contributed by atoms with Gasteiger partial charge in [-0.3, -0.25) is 0 Å². The van der Waals surface area contributed by atoms with E-state index in [0.29, 0.717) is 5.56 Å². The number of carboxylic acid groups (broad SMARTS) is 1. The highest BCUT2D eigenvalue weighted by atomic mass is 32.2. The summed E-state index contributed by atoms with van der Waals surface area (Å²) in [5.74, 6) is -1.14. The van der Waals surface area contributed by atoms with Gasteiger partial charge in [0.25, 0.3) is 0 Å². The fourth-order valence-electron chi connectivity index (χ4n) is 3.41. The molecule has 0 saturated carbocycles. The second-order valence-corrected chi connectivity index (χ2v) is 8.88. The average molecular weight is 388 g/mol. The van der Waals surface area contributed by atoms with Gasteiger partial charge in [-0.2, -0.15) is 4.31 Å². The Kier molecular flexibility index (Phi) is 5.53. The number of carboxylic acids is 1. The van der Waals surface area contributed by atoms with Crippen LogP contribution in [0, 0.1) is 6.92 Å². The lowest BCUT2D eigenvalue weighted by atomic mass is 10.1. The molecule has 6 nitrogen and oxygen atoms in total. The number of hydrogen-bond donors (Lipinski definition) is 1. The van der Waals surface area contributed by atoms with Gasteiger partial charge in [-0.05, 0) is 49.1 Å². The number of nitrogens with zero attached hydrogens (tertiary/aromatic N) is 2. The first-order chi connectivity index (χ1) is 12.8. The number of anilines is 1. The van der Waals surface area contributed by atoms with Crippen molar-refractivity contribution in [1.82, 2.24) is 4.31 Å². The van der Waals surface area contributed by atoms with Crippen molar-refractivity contribution in [3.8, 4) is 0 Å². The minimum atomic E-state index is -3.81. The normalized spacial score (nSPS) is 14.7. The lowest BCUT2D eigenvalue weighted by molar-refractivity contribution is 0.0696. The lowest BCUT2D eigenvalue weighted by Crippen LogP contribution is -2.29. The molecule has 2 aromatic carbocycles. The van der Waals surface area contributed by atoms with E-state index in [9.17, 15) is 18.3 Å². The van der Waals surface area contributed by atoms with Gasteiger partial charge in [0.1, 0.15) is 0 Å². The van der Waals surface area contributed by atoms with Gasteiger partial charge in [0.15, 0.2) is 0 Å². The van der Waals surface area contributed by atoms with Crippen LogP contribution in [0.2, 0.25) is 0 Å². The van der Waals surface area contributed by atoms with Crippen LogP contribution < -0.4 is 4.90 Å². The van der Waals surface area contributed by atoms with Crippen LogP contribution >= 0.6 is 0 Å². The molecule has 1 fully saturated rings. The fourth-order valence-corrected chi connectivity index (χ4v) is 4.81. The van der Waals surface area contributed by atoms with Gasteiger partial charge in [-0.1, -0.05) is 24.3 Å². The third-order valence-electron chi connectivity index (χ3n) is 4.95. The summed E-state index contributed by atoms with van der Waals surface area (Å²) >= 11 is 0. The van der Waals surface area contributed by atoms with E-state index >= 15 is 0 Å². The fraction of sp³-hybridized carbons (Fsp3) is 0.350. The molecule has 0 radical (unpaired) electrons. The van der Waals surface area contributed by atoms with Crippen molar-refractivity contribution in [2.45, 2.75) is 31.2 Å². The molecule has 0 unspecified atom stereocenters. The third-order valence-corrected chi connectivity index (χ3v) is 6.90. The Balaban J connectivity index is 1.91. The topological polar surface area (TPSA) is 77.9 Å². The molecule has 1 aliphatic heterocycles. The highest BCUT2D eigenvalue weighted by Gasteiger charge is 2.25. The summed E-state index contributed by atoms with van der Waals surface area (Å²) in [6, 6.07) is 12.0. The van der Waals surface area contributed by atoms with E-state index in [2.05, 4.69) is 4.90 Å². The van der Waals surface area contributed by atoms with Gasteiger partial charge in [0, 0.05) is 32.4 Å².